The van der Waals surface area contributed by atoms with Gasteiger partial charge in [0, 0.05) is 19.1 Å². The summed E-state index contributed by atoms with van der Waals surface area (Å²) in [7, 11) is -3.52. The van der Waals surface area contributed by atoms with Crippen molar-refractivity contribution < 1.29 is 22.8 Å². The van der Waals surface area contributed by atoms with Crippen molar-refractivity contribution in [3.05, 3.63) is 0 Å². The molecule has 11 nitrogen and oxygen atoms in total. The largest absolute Gasteiger partial charge is 0.370 e. The highest BCUT2D eigenvalue weighted by Crippen LogP contribution is 2.29. The van der Waals surface area contributed by atoms with Crippen LogP contribution in [0.5, 0.6) is 0 Å². The summed E-state index contributed by atoms with van der Waals surface area (Å²) in [6.07, 6.45) is 7.63. The topological polar surface area (TPSA) is 168 Å². The van der Waals surface area contributed by atoms with E-state index in [4.69, 9.17) is 11.5 Å². The molecule has 5 N–H and O–H groups in total. The SMILES string of the molecule is CCS(=O)(=O)NCC(=O)N1CCC[C@H]1C(=O)N(C1CCCCC1)[C@H](C=O)CCCN=C(N)N. The van der Waals surface area contributed by atoms with Gasteiger partial charge < -0.3 is 26.1 Å². The van der Waals surface area contributed by atoms with E-state index in [-0.39, 0.29) is 30.2 Å². The van der Waals surface area contributed by atoms with E-state index in [2.05, 4.69) is 9.71 Å². The molecule has 1 aliphatic heterocycles. The number of nitrogens with one attached hydrogen (secondary N) is 1. The molecule has 0 bridgehead atoms. The van der Waals surface area contributed by atoms with E-state index in [1.165, 1.54) is 11.8 Å². The van der Waals surface area contributed by atoms with Gasteiger partial charge in [0.15, 0.2) is 5.96 Å². The van der Waals surface area contributed by atoms with Crippen molar-refractivity contribution in [2.24, 2.45) is 16.5 Å². The van der Waals surface area contributed by atoms with Crippen molar-refractivity contribution in [2.45, 2.75) is 82.8 Å². The van der Waals surface area contributed by atoms with E-state index in [1.807, 2.05) is 0 Å². The third-order valence-corrected chi connectivity index (χ3v) is 7.72. The highest BCUT2D eigenvalue weighted by Gasteiger charge is 2.41. The number of aliphatic imine (C=N–C) groups is 1. The number of rotatable bonds is 12. The summed E-state index contributed by atoms with van der Waals surface area (Å²) >= 11 is 0. The van der Waals surface area contributed by atoms with Crippen LogP contribution in [-0.4, -0.2) is 85.8 Å². The number of nitrogens with two attached hydrogens (primary N) is 2. The molecular weight excluding hydrogens is 448 g/mol. The number of nitrogens with zero attached hydrogens (tertiary/aromatic N) is 3. The molecule has 0 aromatic rings. The molecule has 33 heavy (non-hydrogen) atoms. The molecule has 2 atom stereocenters. The lowest BCUT2D eigenvalue weighted by atomic mass is 9.91. The van der Waals surface area contributed by atoms with Gasteiger partial charge in [-0.15, -0.1) is 0 Å². The maximum atomic E-state index is 13.7. The van der Waals surface area contributed by atoms with Gasteiger partial charge in [0.25, 0.3) is 0 Å². The zero-order valence-corrected chi connectivity index (χ0v) is 20.3. The summed E-state index contributed by atoms with van der Waals surface area (Å²) in [5.41, 5.74) is 10.7. The summed E-state index contributed by atoms with van der Waals surface area (Å²) in [6.45, 7) is 1.87. The molecule has 0 aromatic heterocycles. The Balaban J connectivity index is 2.16. The maximum absolute atomic E-state index is 13.7. The van der Waals surface area contributed by atoms with Gasteiger partial charge in [-0.05, 0) is 45.4 Å². The fourth-order valence-electron chi connectivity index (χ4n) is 4.62. The van der Waals surface area contributed by atoms with Gasteiger partial charge in [-0.25, -0.2) is 13.1 Å². The Labute approximate surface area is 196 Å². The minimum atomic E-state index is -3.52. The number of aldehydes is 1. The molecular formula is C21H38N6O5S. The van der Waals surface area contributed by atoms with Crippen molar-refractivity contribution >= 4 is 34.1 Å². The Bertz CT molecular complexity index is 808. The smallest absolute Gasteiger partial charge is 0.246 e. The third-order valence-electron chi connectivity index (χ3n) is 6.37. The fourth-order valence-corrected chi connectivity index (χ4v) is 5.17. The van der Waals surface area contributed by atoms with Crippen molar-refractivity contribution in [3.8, 4) is 0 Å². The van der Waals surface area contributed by atoms with Crippen molar-refractivity contribution in [1.29, 1.82) is 0 Å². The normalized spacial score (nSPS) is 20.3. The van der Waals surface area contributed by atoms with E-state index in [0.717, 1.165) is 38.4 Å². The number of hydrogen-bond donors (Lipinski definition) is 3. The number of amides is 2. The van der Waals surface area contributed by atoms with Crippen LogP contribution in [-0.2, 0) is 24.4 Å². The molecule has 0 aromatic carbocycles. The van der Waals surface area contributed by atoms with Crippen molar-refractivity contribution in [2.75, 3.05) is 25.4 Å². The van der Waals surface area contributed by atoms with Gasteiger partial charge in [0.2, 0.25) is 21.8 Å². The summed E-state index contributed by atoms with van der Waals surface area (Å²) in [5.74, 6) is -0.803. The van der Waals surface area contributed by atoms with Crippen LogP contribution in [0.4, 0.5) is 0 Å². The van der Waals surface area contributed by atoms with Gasteiger partial charge in [-0.2, -0.15) is 0 Å². The first kappa shape index (κ1) is 27.0. The summed E-state index contributed by atoms with van der Waals surface area (Å²) in [5, 5.41) is 0. The monoisotopic (exact) mass is 486 g/mol. The predicted octanol–water partition coefficient (Wildman–Crippen LogP) is -0.301. The molecule has 188 valence electrons. The second-order valence-electron chi connectivity index (χ2n) is 8.66. The third kappa shape index (κ3) is 7.95. The second-order valence-corrected chi connectivity index (χ2v) is 10.8. The van der Waals surface area contributed by atoms with Gasteiger partial charge in [-0.3, -0.25) is 14.6 Å². The highest BCUT2D eigenvalue weighted by molar-refractivity contribution is 7.89. The van der Waals surface area contributed by atoms with Crippen molar-refractivity contribution in [3.63, 3.8) is 0 Å². The average molecular weight is 487 g/mol. The maximum Gasteiger partial charge on any atom is 0.246 e. The minimum absolute atomic E-state index is 0.0170. The zero-order chi connectivity index (χ0) is 24.4. The lowest BCUT2D eigenvalue weighted by molar-refractivity contribution is -0.149. The van der Waals surface area contributed by atoms with Crippen LogP contribution in [0.1, 0.15) is 64.7 Å². The molecule has 2 aliphatic rings. The Morgan fingerprint density at radius 1 is 1.18 bits per heavy atom. The standard InChI is InChI=1S/C21H38N6O5S/c1-2-33(31,32)25-14-19(29)26-13-7-11-18(26)20(30)27(16-8-4-3-5-9-16)17(15-28)10-6-12-24-21(22)23/h15-18,25H,2-14H2,1H3,(H4,22,23,24)/t17-,18-/m0/s1. The molecule has 1 heterocycles. The number of sulfonamides is 1. The Kier molecular flexibility index (Phi) is 10.6. The van der Waals surface area contributed by atoms with Gasteiger partial charge >= 0.3 is 0 Å². The molecule has 0 unspecified atom stereocenters. The first-order chi connectivity index (χ1) is 15.7. The second kappa shape index (κ2) is 12.9. The van der Waals surface area contributed by atoms with Crippen LogP contribution in [0.2, 0.25) is 0 Å². The number of hydrogen-bond acceptors (Lipinski definition) is 6. The van der Waals surface area contributed by atoms with E-state index < -0.39 is 28.0 Å². The quantitative estimate of drug-likeness (QED) is 0.147. The van der Waals surface area contributed by atoms with E-state index in [9.17, 15) is 22.8 Å². The Hall–Kier alpha value is -2.21. The lowest BCUT2D eigenvalue weighted by Crippen LogP contribution is -2.56. The lowest BCUT2D eigenvalue weighted by Gasteiger charge is -2.40. The molecule has 1 aliphatic carbocycles. The van der Waals surface area contributed by atoms with Gasteiger partial charge in [0.05, 0.1) is 18.3 Å². The number of carbonyl (C=O) groups is 3. The van der Waals surface area contributed by atoms with E-state index in [0.29, 0.717) is 38.8 Å². The van der Waals surface area contributed by atoms with Crippen LogP contribution in [0.3, 0.4) is 0 Å². The minimum Gasteiger partial charge on any atom is -0.370 e. The van der Waals surface area contributed by atoms with Crippen LogP contribution in [0.25, 0.3) is 0 Å². The highest BCUT2D eigenvalue weighted by atomic mass is 32.2. The molecule has 2 fully saturated rings. The summed E-state index contributed by atoms with van der Waals surface area (Å²) < 4.78 is 25.7. The molecule has 1 saturated heterocycles. The first-order valence-electron chi connectivity index (χ1n) is 11.8. The number of carbonyl (C=O) groups excluding carboxylic acids is 3. The zero-order valence-electron chi connectivity index (χ0n) is 19.4. The summed E-state index contributed by atoms with van der Waals surface area (Å²) in [6, 6.07) is -1.36. The van der Waals surface area contributed by atoms with Crippen molar-refractivity contribution in [1.82, 2.24) is 14.5 Å². The van der Waals surface area contributed by atoms with Crippen LogP contribution in [0.15, 0.2) is 4.99 Å². The molecule has 12 heteroatoms. The van der Waals surface area contributed by atoms with Gasteiger partial charge in [0.1, 0.15) is 12.3 Å². The average Bonchev–Trinajstić information content (AvgIpc) is 3.30. The Morgan fingerprint density at radius 3 is 2.48 bits per heavy atom. The number of guanidine groups is 1. The van der Waals surface area contributed by atoms with Crippen LogP contribution in [0, 0.1) is 0 Å². The molecule has 2 rings (SSSR count). The number of likely N-dealkylation sites (tertiary alicyclic amines) is 1. The van der Waals surface area contributed by atoms with E-state index >= 15 is 0 Å². The molecule has 0 spiro atoms. The van der Waals surface area contributed by atoms with Crippen LogP contribution >= 0.6 is 0 Å². The fraction of sp³-hybridized carbons (Fsp3) is 0.810. The first-order valence-corrected chi connectivity index (χ1v) is 13.4. The summed E-state index contributed by atoms with van der Waals surface area (Å²) in [4.78, 5) is 45.6. The molecule has 0 radical (unpaired) electrons. The van der Waals surface area contributed by atoms with E-state index in [1.54, 1.807) is 4.90 Å². The molecule has 1 saturated carbocycles. The predicted molar refractivity (Wildman–Crippen MR) is 126 cm³/mol. The molecule has 2 amide bonds. The van der Waals surface area contributed by atoms with Crippen LogP contribution < -0.4 is 16.2 Å². The Morgan fingerprint density at radius 2 is 1.88 bits per heavy atom. The van der Waals surface area contributed by atoms with Gasteiger partial charge in [-0.1, -0.05) is 19.3 Å².